The Morgan fingerprint density at radius 2 is 2.19 bits per heavy atom. The molecule has 2 aliphatic heterocycles. The zero-order valence-corrected chi connectivity index (χ0v) is 14.2. The predicted molar refractivity (Wildman–Crippen MR) is 90.9 cm³/mol. The summed E-state index contributed by atoms with van der Waals surface area (Å²) >= 11 is 0. The summed E-state index contributed by atoms with van der Waals surface area (Å²) in [6, 6.07) is 1.78. The Balaban J connectivity index is 1.51. The van der Waals surface area contributed by atoms with Crippen molar-refractivity contribution in [1.29, 1.82) is 0 Å². The van der Waals surface area contributed by atoms with E-state index < -0.39 is 6.09 Å². The van der Waals surface area contributed by atoms with Gasteiger partial charge in [-0.2, -0.15) is 10.2 Å². The van der Waals surface area contributed by atoms with Gasteiger partial charge in [-0.1, -0.05) is 0 Å². The summed E-state index contributed by atoms with van der Waals surface area (Å²) in [5.41, 5.74) is 2.35. The first-order valence-corrected chi connectivity index (χ1v) is 8.61. The van der Waals surface area contributed by atoms with Crippen LogP contribution in [0.4, 0.5) is 4.79 Å². The zero-order valence-electron chi connectivity index (χ0n) is 14.2. The molecule has 2 bridgehead atoms. The van der Waals surface area contributed by atoms with E-state index in [9.17, 15) is 9.90 Å². The maximum absolute atomic E-state index is 11.5. The van der Waals surface area contributed by atoms with Crippen LogP contribution in [0.5, 0.6) is 5.88 Å². The largest absolute Gasteiger partial charge is 0.471 e. The van der Waals surface area contributed by atoms with E-state index in [1.807, 2.05) is 25.5 Å². The lowest BCUT2D eigenvalue weighted by molar-refractivity contribution is 0.116. The monoisotopic (exact) mass is 354 g/mol. The first-order chi connectivity index (χ1) is 12.6. The number of amides is 1. The Kier molecular flexibility index (Phi) is 3.18. The van der Waals surface area contributed by atoms with Gasteiger partial charge in [-0.3, -0.25) is 9.58 Å². The number of aryl methyl sites for hydroxylation is 1. The lowest BCUT2D eigenvalue weighted by Crippen LogP contribution is -2.38. The van der Waals surface area contributed by atoms with E-state index in [0.717, 1.165) is 23.9 Å². The maximum atomic E-state index is 11.5. The van der Waals surface area contributed by atoms with Crippen LogP contribution < -0.4 is 4.74 Å². The third-order valence-electron chi connectivity index (χ3n) is 5.32. The highest BCUT2D eigenvalue weighted by atomic mass is 16.5. The number of nitrogens with zero attached hydrogens (tertiary/aromatic N) is 6. The summed E-state index contributed by atoms with van der Waals surface area (Å²) < 4.78 is 9.67. The van der Waals surface area contributed by atoms with Gasteiger partial charge in [0.15, 0.2) is 0 Å². The molecule has 0 aromatic carbocycles. The molecule has 9 heteroatoms. The summed E-state index contributed by atoms with van der Waals surface area (Å²) in [7, 11) is 1.85. The molecule has 3 atom stereocenters. The Bertz CT molecular complexity index is 995. The van der Waals surface area contributed by atoms with Crippen LogP contribution in [0.3, 0.4) is 0 Å². The van der Waals surface area contributed by atoms with E-state index in [-0.39, 0.29) is 18.2 Å². The molecule has 0 saturated carbocycles. The normalized spacial score (nSPS) is 24.5. The first-order valence-electron chi connectivity index (χ1n) is 8.61. The Hall–Kier alpha value is -3.10. The lowest BCUT2D eigenvalue weighted by Gasteiger charge is -2.23. The average molecular weight is 354 g/mol. The van der Waals surface area contributed by atoms with Crippen LogP contribution in [0.1, 0.15) is 19.3 Å². The van der Waals surface area contributed by atoms with Gasteiger partial charge in [0, 0.05) is 31.3 Å². The predicted octanol–water partition coefficient (Wildman–Crippen LogP) is 1.79. The van der Waals surface area contributed by atoms with Gasteiger partial charge in [-0.25, -0.2) is 14.3 Å². The highest BCUT2D eigenvalue weighted by molar-refractivity contribution is 5.67. The number of hydrogen-bond acceptors (Lipinski definition) is 5. The highest BCUT2D eigenvalue weighted by Gasteiger charge is 2.50. The molecule has 134 valence electrons. The number of carbonyl (C=O) groups is 1. The second-order valence-corrected chi connectivity index (χ2v) is 6.88. The fraction of sp³-hybridized carbons (Fsp3) is 0.412. The maximum Gasteiger partial charge on any atom is 0.407 e. The van der Waals surface area contributed by atoms with Crippen molar-refractivity contribution in [2.24, 2.45) is 7.05 Å². The molecule has 0 radical (unpaired) electrons. The second-order valence-electron chi connectivity index (χ2n) is 6.88. The minimum atomic E-state index is -0.866. The van der Waals surface area contributed by atoms with Crippen molar-refractivity contribution in [3.8, 4) is 17.1 Å². The van der Waals surface area contributed by atoms with Crippen molar-refractivity contribution in [2.75, 3.05) is 0 Å². The molecule has 3 aromatic heterocycles. The zero-order chi connectivity index (χ0) is 17.8. The molecule has 5 rings (SSSR count). The molecule has 0 unspecified atom stereocenters. The molecular weight excluding hydrogens is 336 g/mol. The van der Waals surface area contributed by atoms with E-state index in [1.165, 1.54) is 0 Å². The molecule has 1 N–H and O–H groups in total. The van der Waals surface area contributed by atoms with Crippen LogP contribution in [-0.4, -0.2) is 58.7 Å². The number of hydrogen-bond donors (Lipinski definition) is 1. The van der Waals surface area contributed by atoms with E-state index >= 15 is 0 Å². The molecule has 3 aromatic rings. The summed E-state index contributed by atoms with van der Waals surface area (Å²) in [6.07, 6.45) is 8.55. The summed E-state index contributed by atoms with van der Waals surface area (Å²) in [6.45, 7) is 0. The molecule has 2 fully saturated rings. The Labute approximate surface area is 148 Å². The van der Waals surface area contributed by atoms with Crippen LogP contribution in [0.2, 0.25) is 0 Å². The highest BCUT2D eigenvalue weighted by Crippen LogP contribution is 2.40. The van der Waals surface area contributed by atoms with Crippen molar-refractivity contribution in [3.05, 3.63) is 30.9 Å². The van der Waals surface area contributed by atoms with E-state index in [2.05, 4.69) is 15.2 Å². The van der Waals surface area contributed by atoms with E-state index in [1.54, 1.807) is 26.5 Å². The molecule has 9 nitrogen and oxygen atoms in total. The third kappa shape index (κ3) is 2.23. The van der Waals surface area contributed by atoms with Crippen LogP contribution in [0, 0.1) is 0 Å². The fourth-order valence-electron chi connectivity index (χ4n) is 4.18. The minimum Gasteiger partial charge on any atom is -0.471 e. The number of carboxylic acid groups (broad SMARTS) is 1. The average Bonchev–Trinajstić information content (AvgIpc) is 3.37. The summed E-state index contributed by atoms with van der Waals surface area (Å²) in [5.74, 6) is 0.478. The van der Waals surface area contributed by atoms with Gasteiger partial charge in [0.1, 0.15) is 11.6 Å². The van der Waals surface area contributed by atoms with Crippen LogP contribution in [0.25, 0.3) is 16.8 Å². The first kappa shape index (κ1) is 15.2. The number of aromatic nitrogens is 5. The second kappa shape index (κ2) is 5.45. The molecule has 26 heavy (non-hydrogen) atoms. The van der Waals surface area contributed by atoms with Crippen molar-refractivity contribution in [3.63, 3.8) is 0 Å². The Morgan fingerprint density at radius 3 is 2.92 bits per heavy atom. The SMILES string of the molecule is Cn1cc(-c2cn3nccc3c(O[C@@H]3C[C@@H]4CC[C@H]3N4C(=O)O)n2)cn1. The molecule has 2 saturated heterocycles. The quantitative estimate of drug-likeness (QED) is 0.770. The van der Waals surface area contributed by atoms with Crippen LogP contribution >= 0.6 is 0 Å². The van der Waals surface area contributed by atoms with Crippen molar-refractivity contribution in [2.45, 2.75) is 37.5 Å². The Morgan fingerprint density at radius 1 is 1.31 bits per heavy atom. The standard InChI is InChI=1S/C17H18N6O3/c1-21-8-10(7-19-21)12-9-22-14(4-5-18-22)16(20-12)26-15-6-11-2-3-13(15)23(11)17(24)25/h4-5,7-9,11,13,15H,2-3,6H2,1H3,(H,24,25)/t11-,13+,15+/m0/s1. The van der Waals surface area contributed by atoms with E-state index in [0.29, 0.717) is 18.0 Å². The molecule has 2 aliphatic rings. The molecular formula is C17H18N6O3. The van der Waals surface area contributed by atoms with Crippen molar-refractivity contribution < 1.29 is 14.6 Å². The van der Waals surface area contributed by atoms with Gasteiger partial charge in [0.2, 0.25) is 5.88 Å². The van der Waals surface area contributed by atoms with Crippen molar-refractivity contribution >= 4 is 11.6 Å². The molecule has 0 spiro atoms. The number of fused-ring (bicyclic) bond motifs is 3. The summed E-state index contributed by atoms with van der Waals surface area (Å²) in [4.78, 5) is 17.7. The number of ether oxygens (including phenoxy) is 1. The topological polar surface area (TPSA) is 97.8 Å². The van der Waals surface area contributed by atoms with E-state index in [4.69, 9.17) is 4.74 Å². The van der Waals surface area contributed by atoms with Gasteiger partial charge in [0.25, 0.3) is 0 Å². The van der Waals surface area contributed by atoms with Crippen LogP contribution in [0.15, 0.2) is 30.9 Å². The number of rotatable bonds is 3. The summed E-state index contributed by atoms with van der Waals surface area (Å²) in [5, 5.41) is 17.9. The lowest BCUT2D eigenvalue weighted by atomic mass is 9.98. The molecule has 0 aliphatic carbocycles. The van der Waals surface area contributed by atoms with Gasteiger partial charge in [-0.15, -0.1) is 0 Å². The smallest absolute Gasteiger partial charge is 0.407 e. The third-order valence-corrected chi connectivity index (χ3v) is 5.32. The molecule has 5 heterocycles. The molecule has 1 amide bonds. The minimum absolute atomic E-state index is 0.0462. The van der Waals surface area contributed by atoms with Gasteiger partial charge in [-0.05, 0) is 18.9 Å². The van der Waals surface area contributed by atoms with Gasteiger partial charge < -0.3 is 9.84 Å². The van der Waals surface area contributed by atoms with Crippen LogP contribution in [-0.2, 0) is 7.05 Å². The fourth-order valence-corrected chi connectivity index (χ4v) is 4.18. The van der Waals surface area contributed by atoms with Crippen molar-refractivity contribution in [1.82, 2.24) is 29.3 Å². The van der Waals surface area contributed by atoms with Gasteiger partial charge >= 0.3 is 6.09 Å². The van der Waals surface area contributed by atoms with Gasteiger partial charge in [0.05, 0.1) is 30.3 Å².